The van der Waals surface area contributed by atoms with Crippen molar-refractivity contribution in [2.24, 2.45) is 5.92 Å². The monoisotopic (exact) mass is 369 g/mol. The predicted molar refractivity (Wildman–Crippen MR) is 97.1 cm³/mol. The van der Waals surface area contributed by atoms with Gasteiger partial charge in [-0.2, -0.15) is 0 Å². The highest BCUT2D eigenvalue weighted by Crippen LogP contribution is 2.31. The first-order valence-electron chi connectivity index (χ1n) is 8.25. The first-order chi connectivity index (χ1) is 11.6. The van der Waals surface area contributed by atoms with Crippen molar-refractivity contribution in [3.8, 4) is 0 Å². The summed E-state index contributed by atoms with van der Waals surface area (Å²) in [6.07, 6.45) is 0.357. The van der Waals surface area contributed by atoms with Crippen molar-refractivity contribution in [2.45, 2.75) is 45.8 Å². The molecule has 0 aromatic heterocycles. The Balaban J connectivity index is 2.03. The maximum Gasteiger partial charge on any atom is 0.410 e. The first-order valence-corrected chi connectivity index (χ1v) is 8.63. The number of amides is 1. The summed E-state index contributed by atoms with van der Waals surface area (Å²) in [5.41, 5.74) is -0.134. The molecule has 0 aliphatic carbocycles. The lowest BCUT2D eigenvalue weighted by atomic mass is 9.93. The van der Waals surface area contributed by atoms with Gasteiger partial charge in [-0.05, 0) is 45.2 Å². The van der Waals surface area contributed by atoms with Crippen molar-refractivity contribution in [1.29, 1.82) is 0 Å². The second kappa shape index (κ2) is 7.47. The van der Waals surface area contributed by atoms with E-state index in [1.165, 1.54) is 6.07 Å². The van der Waals surface area contributed by atoms with Crippen LogP contribution in [0.15, 0.2) is 18.2 Å². The fourth-order valence-electron chi connectivity index (χ4n) is 2.83. The van der Waals surface area contributed by atoms with Crippen LogP contribution in [-0.2, 0) is 4.74 Å². The molecule has 1 fully saturated rings. The van der Waals surface area contributed by atoms with Gasteiger partial charge in [-0.3, -0.25) is 10.1 Å². The number of likely N-dealkylation sites (tertiary alicyclic amines) is 1. The van der Waals surface area contributed by atoms with Gasteiger partial charge < -0.3 is 15.0 Å². The highest BCUT2D eigenvalue weighted by Gasteiger charge is 2.32. The fourth-order valence-corrected chi connectivity index (χ4v) is 3.00. The lowest BCUT2D eigenvalue weighted by molar-refractivity contribution is -0.384. The van der Waals surface area contributed by atoms with Crippen molar-refractivity contribution in [3.63, 3.8) is 0 Å². The maximum atomic E-state index is 12.2. The lowest BCUT2D eigenvalue weighted by Crippen LogP contribution is -2.49. The number of hydrogen-bond donors (Lipinski definition) is 1. The molecule has 0 radical (unpaired) electrons. The molecule has 7 nitrogen and oxygen atoms in total. The van der Waals surface area contributed by atoms with E-state index in [1.807, 2.05) is 27.7 Å². The molecule has 1 aliphatic heterocycles. The number of benzene rings is 1. The SMILES string of the molecule is C[C@H]1CN(C(=O)OC(C)(C)C)CC[C@@H]1Nc1ccc(Cl)cc1[N+](=O)[O-]. The van der Waals surface area contributed by atoms with Gasteiger partial charge in [0.05, 0.1) is 4.92 Å². The number of halogens is 1. The molecule has 1 N–H and O–H groups in total. The minimum Gasteiger partial charge on any atom is -0.444 e. The Kier molecular flexibility index (Phi) is 5.77. The van der Waals surface area contributed by atoms with Gasteiger partial charge in [0.25, 0.3) is 5.69 Å². The van der Waals surface area contributed by atoms with Crippen LogP contribution in [0.1, 0.15) is 34.1 Å². The van der Waals surface area contributed by atoms with E-state index >= 15 is 0 Å². The summed E-state index contributed by atoms with van der Waals surface area (Å²) < 4.78 is 5.41. The van der Waals surface area contributed by atoms with Gasteiger partial charge in [-0.25, -0.2) is 4.79 Å². The van der Waals surface area contributed by atoms with E-state index in [9.17, 15) is 14.9 Å². The number of hydrogen-bond acceptors (Lipinski definition) is 5. The number of carbonyl (C=O) groups is 1. The highest BCUT2D eigenvalue weighted by molar-refractivity contribution is 6.30. The summed E-state index contributed by atoms with van der Waals surface area (Å²) in [7, 11) is 0. The number of nitro benzene ring substituents is 1. The van der Waals surface area contributed by atoms with E-state index in [4.69, 9.17) is 16.3 Å². The minimum absolute atomic E-state index is 0.0264. The summed E-state index contributed by atoms with van der Waals surface area (Å²) >= 11 is 5.85. The zero-order chi connectivity index (χ0) is 18.8. The average Bonchev–Trinajstić information content (AvgIpc) is 2.48. The van der Waals surface area contributed by atoms with Crippen LogP contribution in [-0.4, -0.2) is 40.6 Å². The summed E-state index contributed by atoms with van der Waals surface area (Å²) in [4.78, 5) is 24.6. The molecule has 1 aromatic carbocycles. The maximum absolute atomic E-state index is 12.2. The molecule has 0 spiro atoms. The smallest absolute Gasteiger partial charge is 0.410 e. The predicted octanol–water partition coefficient (Wildman–Crippen LogP) is 4.31. The Hall–Kier alpha value is -2.02. The van der Waals surface area contributed by atoms with Crippen LogP contribution in [0.25, 0.3) is 0 Å². The van der Waals surface area contributed by atoms with E-state index in [1.54, 1.807) is 17.0 Å². The third-order valence-corrected chi connectivity index (χ3v) is 4.29. The summed E-state index contributed by atoms with van der Waals surface area (Å²) in [6, 6.07) is 4.61. The van der Waals surface area contributed by atoms with Crippen molar-refractivity contribution in [2.75, 3.05) is 18.4 Å². The third-order valence-electron chi connectivity index (χ3n) is 4.05. The minimum atomic E-state index is -0.528. The topological polar surface area (TPSA) is 84.7 Å². The summed E-state index contributed by atoms with van der Waals surface area (Å²) in [5, 5.41) is 14.8. The van der Waals surface area contributed by atoms with E-state index in [0.717, 1.165) is 0 Å². The van der Waals surface area contributed by atoms with Crippen molar-refractivity contribution in [1.82, 2.24) is 4.90 Å². The number of carbonyl (C=O) groups excluding carboxylic acids is 1. The van der Waals surface area contributed by atoms with Gasteiger partial charge in [0, 0.05) is 30.2 Å². The van der Waals surface area contributed by atoms with Crippen LogP contribution >= 0.6 is 11.6 Å². The zero-order valence-corrected chi connectivity index (χ0v) is 15.7. The van der Waals surface area contributed by atoms with E-state index in [0.29, 0.717) is 30.2 Å². The van der Waals surface area contributed by atoms with Crippen LogP contribution in [0.3, 0.4) is 0 Å². The molecule has 0 saturated carbocycles. The molecular formula is C17H24ClN3O4. The number of rotatable bonds is 3. The highest BCUT2D eigenvalue weighted by atomic mass is 35.5. The molecule has 1 amide bonds. The molecule has 1 saturated heterocycles. The Morgan fingerprint density at radius 3 is 2.68 bits per heavy atom. The van der Waals surface area contributed by atoms with Crippen LogP contribution in [0.5, 0.6) is 0 Å². The molecule has 1 aromatic rings. The summed E-state index contributed by atoms with van der Waals surface area (Å²) in [5.74, 6) is 0.122. The van der Waals surface area contributed by atoms with Crippen LogP contribution in [0.2, 0.25) is 5.02 Å². The second-order valence-corrected chi connectivity index (χ2v) is 7.80. The molecule has 0 bridgehead atoms. The van der Waals surface area contributed by atoms with Gasteiger partial charge in [-0.15, -0.1) is 0 Å². The number of piperidine rings is 1. The lowest BCUT2D eigenvalue weighted by Gasteiger charge is -2.38. The van der Waals surface area contributed by atoms with E-state index in [-0.39, 0.29) is 23.7 Å². The average molecular weight is 370 g/mol. The van der Waals surface area contributed by atoms with Crippen LogP contribution in [0, 0.1) is 16.0 Å². The molecule has 25 heavy (non-hydrogen) atoms. The zero-order valence-electron chi connectivity index (χ0n) is 14.9. The molecule has 0 unspecified atom stereocenters. The van der Waals surface area contributed by atoms with Gasteiger partial charge in [0.15, 0.2) is 0 Å². The molecule has 1 aliphatic rings. The van der Waals surface area contributed by atoms with Gasteiger partial charge in [0.2, 0.25) is 0 Å². The number of nitrogens with one attached hydrogen (secondary N) is 1. The first kappa shape index (κ1) is 19.3. The van der Waals surface area contributed by atoms with Crippen LogP contribution in [0.4, 0.5) is 16.2 Å². The van der Waals surface area contributed by atoms with E-state index < -0.39 is 10.5 Å². The Morgan fingerprint density at radius 2 is 2.12 bits per heavy atom. The number of anilines is 1. The van der Waals surface area contributed by atoms with Crippen LogP contribution < -0.4 is 5.32 Å². The van der Waals surface area contributed by atoms with Crippen molar-refractivity contribution in [3.05, 3.63) is 33.3 Å². The van der Waals surface area contributed by atoms with Gasteiger partial charge >= 0.3 is 6.09 Å². The normalized spacial score (nSPS) is 20.9. The molecule has 2 rings (SSSR count). The number of nitrogens with zero attached hydrogens (tertiary/aromatic N) is 2. The molecule has 138 valence electrons. The van der Waals surface area contributed by atoms with Crippen molar-refractivity contribution >= 4 is 29.1 Å². The third kappa shape index (κ3) is 5.22. The molecule has 8 heteroatoms. The van der Waals surface area contributed by atoms with Crippen molar-refractivity contribution < 1.29 is 14.5 Å². The number of nitro groups is 1. The Bertz CT molecular complexity index is 660. The second-order valence-electron chi connectivity index (χ2n) is 7.36. The number of ether oxygens (including phenoxy) is 1. The Morgan fingerprint density at radius 1 is 1.44 bits per heavy atom. The molecule has 2 atom stereocenters. The largest absolute Gasteiger partial charge is 0.444 e. The quantitative estimate of drug-likeness (QED) is 0.634. The molecular weight excluding hydrogens is 346 g/mol. The Labute approximate surface area is 152 Å². The standard InChI is InChI=1S/C17H24ClN3O4/c1-11-10-20(16(22)25-17(2,3)4)8-7-13(11)19-14-6-5-12(18)9-15(14)21(23)24/h5-6,9,11,13,19H,7-8,10H2,1-4H3/t11-,13-/m0/s1. The van der Waals surface area contributed by atoms with Gasteiger partial charge in [-0.1, -0.05) is 18.5 Å². The van der Waals surface area contributed by atoms with E-state index in [2.05, 4.69) is 5.32 Å². The molecule has 1 heterocycles. The summed E-state index contributed by atoms with van der Waals surface area (Å²) in [6.45, 7) is 8.59. The van der Waals surface area contributed by atoms with Gasteiger partial charge in [0.1, 0.15) is 11.3 Å². The fraction of sp³-hybridized carbons (Fsp3) is 0.588.